The van der Waals surface area contributed by atoms with Gasteiger partial charge in [-0.2, -0.15) is 0 Å². The number of anilines is 2. The molecule has 0 spiro atoms. The fourth-order valence-electron chi connectivity index (χ4n) is 5.68. The second kappa shape index (κ2) is 11.0. The van der Waals surface area contributed by atoms with Gasteiger partial charge in [-0.15, -0.1) is 21.5 Å². The molecule has 0 radical (unpaired) electrons. The predicted octanol–water partition coefficient (Wildman–Crippen LogP) is 6.15. The monoisotopic (exact) mass is 514 g/mol. The largest absolute Gasteiger partial charge is 0.421 e. The summed E-state index contributed by atoms with van der Waals surface area (Å²) in [6, 6.07) is 18.4. The zero-order chi connectivity index (χ0) is 25.0. The highest BCUT2D eigenvalue weighted by atomic mass is 32.1. The van der Waals surface area contributed by atoms with Crippen LogP contribution in [0.1, 0.15) is 44.4 Å². The summed E-state index contributed by atoms with van der Waals surface area (Å²) >= 11 is 1.77. The van der Waals surface area contributed by atoms with Crippen LogP contribution in [0.5, 0.6) is 0 Å². The number of rotatable bonds is 7. The van der Waals surface area contributed by atoms with Gasteiger partial charge in [0.1, 0.15) is 5.82 Å². The van der Waals surface area contributed by atoms with Gasteiger partial charge in [0.15, 0.2) is 0 Å². The van der Waals surface area contributed by atoms with E-state index in [4.69, 9.17) is 4.42 Å². The third kappa shape index (κ3) is 5.70. The van der Waals surface area contributed by atoms with E-state index < -0.39 is 0 Å². The molecule has 2 aliphatic rings. The summed E-state index contributed by atoms with van der Waals surface area (Å²) in [7, 11) is 0. The molecular weight excluding hydrogens is 480 g/mol. The van der Waals surface area contributed by atoms with Crippen LogP contribution in [0, 0.1) is 6.92 Å². The Morgan fingerprint density at radius 1 is 0.946 bits per heavy atom. The van der Waals surface area contributed by atoms with Crippen LogP contribution in [0.3, 0.4) is 0 Å². The van der Waals surface area contributed by atoms with Gasteiger partial charge in [-0.1, -0.05) is 18.9 Å². The Morgan fingerprint density at radius 3 is 2.59 bits per heavy atom. The maximum absolute atomic E-state index is 5.58. The molecule has 3 aromatic heterocycles. The van der Waals surface area contributed by atoms with E-state index in [1.165, 1.54) is 54.7 Å². The Hall–Kier alpha value is -3.23. The molecule has 1 aromatic carbocycles. The summed E-state index contributed by atoms with van der Waals surface area (Å²) in [5.41, 5.74) is 3.44. The van der Waals surface area contributed by atoms with Crippen LogP contribution >= 0.6 is 11.3 Å². The number of nitrogens with zero attached hydrogens (tertiary/aromatic N) is 4. The number of benzene rings is 1. The molecule has 0 amide bonds. The van der Waals surface area contributed by atoms with Gasteiger partial charge >= 0.3 is 0 Å². The van der Waals surface area contributed by atoms with Crippen molar-refractivity contribution < 1.29 is 4.42 Å². The van der Waals surface area contributed by atoms with Gasteiger partial charge in [-0.3, -0.25) is 0 Å². The van der Waals surface area contributed by atoms with E-state index in [9.17, 15) is 0 Å². The van der Waals surface area contributed by atoms with E-state index in [1.807, 2.05) is 13.1 Å². The number of hydrogen-bond acceptors (Lipinski definition) is 8. The topological polar surface area (TPSA) is 79.1 Å². The van der Waals surface area contributed by atoms with E-state index in [-0.39, 0.29) is 0 Å². The maximum atomic E-state index is 5.58. The Morgan fingerprint density at radius 2 is 1.81 bits per heavy atom. The summed E-state index contributed by atoms with van der Waals surface area (Å²) in [4.78, 5) is 8.43. The molecule has 2 N–H and O–H groups in total. The molecule has 7 nitrogen and oxygen atoms in total. The summed E-state index contributed by atoms with van der Waals surface area (Å²) in [5.74, 6) is 2.14. The second-order valence-electron chi connectivity index (χ2n) is 10.2. The van der Waals surface area contributed by atoms with Crippen molar-refractivity contribution in [2.45, 2.75) is 63.6 Å². The fourth-order valence-corrected chi connectivity index (χ4v) is 6.40. The normalized spacial score (nSPS) is 22.2. The molecule has 1 saturated carbocycles. The van der Waals surface area contributed by atoms with Crippen molar-refractivity contribution in [2.24, 2.45) is 0 Å². The highest BCUT2D eigenvalue weighted by Crippen LogP contribution is 2.29. The van der Waals surface area contributed by atoms with Gasteiger partial charge in [-0.25, -0.2) is 4.98 Å². The lowest BCUT2D eigenvalue weighted by atomic mass is 9.89. The number of thiophene rings is 1. The Bertz CT molecular complexity index is 1290. The third-order valence-corrected chi connectivity index (χ3v) is 8.46. The Labute approximate surface area is 222 Å². The second-order valence-corrected chi connectivity index (χ2v) is 11.1. The molecule has 37 heavy (non-hydrogen) atoms. The minimum Gasteiger partial charge on any atom is -0.421 e. The summed E-state index contributed by atoms with van der Waals surface area (Å²) in [6.07, 6.45) is 9.26. The summed E-state index contributed by atoms with van der Waals surface area (Å²) in [6.45, 7) is 3.92. The first-order valence-electron chi connectivity index (χ1n) is 13.4. The molecule has 6 rings (SSSR count). The molecule has 3 atom stereocenters. The van der Waals surface area contributed by atoms with E-state index in [2.05, 4.69) is 84.6 Å². The van der Waals surface area contributed by atoms with Gasteiger partial charge in [0.2, 0.25) is 11.8 Å². The zero-order valence-electron chi connectivity index (χ0n) is 21.3. The summed E-state index contributed by atoms with van der Waals surface area (Å²) in [5, 5.41) is 18.0. The van der Waals surface area contributed by atoms with E-state index in [0.717, 1.165) is 24.5 Å². The van der Waals surface area contributed by atoms with Crippen molar-refractivity contribution in [3.05, 3.63) is 66.0 Å². The molecular formula is C29H34N6OS. The quantitative estimate of drug-likeness (QED) is 0.306. The first-order valence-corrected chi connectivity index (χ1v) is 14.3. The number of aromatic nitrogens is 3. The smallest absolute Gasteiger partial charge is 0.247 e. The fraction of sp³-hybridized carbons (Fsp3) is 0.414. The third-order valence-electron chi connectivity index (χ3n) is 7.54. The van der Waals surface area contributed by atoms with Gasteiger partial charge in [0.25, 0.3) is 0 Å². The number of hydrogen-bond donors (Lipinski definition) is 2. The molecule has 0 bridgehead atoms. The first kappa shape index (κ1) is 24.1. The van der Waals surface area contributed by atoms with Gasteiger partial charge in [-0.05, 0) is 79.1 Å². The molecule has 4 aromatic rings. The van der Waals surface area contributed by atoms with E-state index in [1.54, 1.807) is 11.3 Å². The molecule has 1 saturated heterocycles. The number of pyridine rings is 1. The standard InChI is InChI=1S/C29H34N6OS/c1-20-33-34-29(36-20)21-10-12-24(13-11-21)35-16-4-6-23(19-35)31-25-7-2-3-8-26(25)32-28-18-22(14-15-30-28)27-9-5-17-37-27/h5,9-15,17-18,23,25-26,31H,2-4,6-8,16,19H2,1H3,(H,30,32)/t23?,25-,26-/m1/s1. The lowest BCUT2D eigenvalue weighted by molar-refractivity contribution is 0.293. The molecule has 8 heteroatoms. The van der Waals surface area contributed by atoms with Crippen LogP contribution in [-0.4, -0.2) is 46.4 Å². The summed E-state index contributed by atoms with van der Waals surface area (Å²) < 4.78 is 5.58. The van der Waals surface area contributed by atoms with Crippen LogP contribution in [0.4, 0.5) is 11.5 Å². The molecule has 2 fully saturated rings. The van der Waals surface area contributed by atoms with Crippen molar-refractivity contribution in [3.63, 3.8) is 0 Å². The average Bonchev–Trinajstić information content (AvgIpc) is 3.63. The van der Waals surface area contributed by atoms with Crippen molar-refractivity contribution >= 4 is 22.8 Å². The van der Waals surface area contributed by atoms with Crippen molar-refractivity contribution in [1.82, 2.24) is 20.5 Å². The number of piperidine rings is 1. The average molecular weight is 515 g/mol. The SMILES string of the molecule is Cc1nnc(-c2ccc(N3CCCC(N[C@@H]4CCCC[C@H]4Nc4cc(-c5cccs5)ccn4)C3)cc2)o1. The predicted molar refractivity (Wildman–Crippen MR) is 150 cm³/mol. The zero-order valence-corrected chi connectivity index (χ0v) is 22.1. The number of aryl methyl sites for hydroxylation is 1. The molecule has 1 unspecified atom stereocenters. The minimum absolute atomic E-state index is 0.396. The van der Waals surface area contributed by atoms with Crippen LogP contribution in [0.2, 0.25) is 0 Å². The van der Waals surface area contributed by atoms with Crippen LogP contribution in [0.15, 0.2) is 64.5 Å². The van der Waals surface area contributed by atoms with Crippen molar-refractivity contribution in [2.75, 3.05) is 23.3 Å². The van der Waals surface area contributed by atoms with Gasteiger partial charge < -0.3 is 20.0 Å². The van der Waals surface area contributed by atoms with E-state index >= 15 is 0 Å². The molecule has 4 heterocycles. The van der Waals surface area contributed by atoms with Crippen molar-refractivity contribution in [1.29, 1.82) is 0 Å². The van der Waals surface area contributed by atoms with Crippen LogP contribution in [0.25, 0.3) is 21.9 Å². The highest BCUT2D eigenvalue weighted by molar-refractivity contribution is 7.13. The lowest BCUT2D eigenvalue weighted by Gasteiger charge is -2.40. The Balaban J connectivity index is 1.09. The van der Waals surface area contributed by atoms with E-state index in [0.29, 0.717) is 29.9 Å². The van der Waals surface area contributed by atoms with Crippen LogP contribution < -0.4 is 15.5 Å². The molecule has 1 aliphatic heterocycles. The van der Waals surface area contributed by atoms with Crippen LogP contribution in [-0.2, 0) is 0 Å². The number of nitrogens with one attached hydrogen (secondary N) is 2. The first-order chi connectivity index (χ1) is 18.2. The Kier molecular flexibility index (Phi) is 7.19. The molecule has 1 aliphatic carbocycles. The molecule has 192 valence electrons. The minimum atomic E-state index is 0.396. The van der Waals surface area contributed by atoms with Gasteiger partial charge in [0.05, 0.1) is 0 Å². The lowest BCUT2D eigenvalue weighted by Crippen LogP contribution is -2.54. The maximum Gasteiger partial charge on any atom is 0.247 e. The van der Waals surface area contributed by atoms with Crippen molar-refractivity contribution in [3.8, 4) is 21.9 Å². The highest BCUT2D eigenvalue weighted by Gasteiger charge is 2.29. The van der Waals surface area contributed by atoms with Gasteiger partial charge in [0, 0.05) is 60.5 Å².